The summed E-state index contributed by atoms with van der Waals surface area (Å²) in [4.78, 5) is 2.69. The molecule has 3 unspecified atom stereocenters. The molecule has 1 aromatic carbocycles. The third-order valence-corrected chi connectivity index (χ3v) is 5.14. The fourth-order valence-corrected chi connectivity index (χ4v) is 4.00. The lowest BCUT2D eigenvalue weighted by Gasteiger charge is -2.41. The summed E-state index contributed by atoms with van der Waals surface area (Å²) in [6.45, 7) is 6.91. The number of hydrogen-bond donors (Lipinski definition) is 1. The Morgan fingerprint density at radius 1 is 1.33 bits per heavy atom. The van der Waals surface area contributed by atoms with Crippen LogP contribution in [0.15, 0.2) is 22.7 Å². The molecule has 98 valence electrons. The van der Waals surface area contributed by atoms with Crippen LogP contribution < -0.4 is 5.32 Å². The number of hydrogen-bond acceptors (Lipinski definition) is 2. The Morgan fingerprint density at radius 2 is 2.17 bits per heavy atom. The van der Waals surface area contributed by atoms with E-state index in [-0.39, 0.29) is 0 Å². The van der Waals surface area contributed by atoms with Crippen LogP contribution in [0, 0.1) is 0 Å². The second kappa shape index (κ2) is 4.95. The van der Waals surface area contributed by atoms with Gasteiger partial charge in [0.05, 0.1) is 0 Å². The maximum atomic E-state index is 3.69. The van der Waals surface area contributed by atoms with Gasteiger partial charge in [0.2, 0.25) is 0 Å². The highest BCUT2D eigenvalue weighted by atomic mass is 79.9. The van der Waals surface area contributed by atoms with Crippen molar-refractivity contribution in [1.29, 1.82) is 0 Å². The Balaban J connectivity index is 1.89. The number of fused-ring (bicyclic) bond motifs is 1. The number of nitrogens with zero attached hydrogens (tertiary/aromatic N) is 1. The van der Waals surface area contributed by atoms with E-state index >= 15 is 0 Å². The predicted octanol–water partition coefficient (Wildman–Crippen LogP) is 3.12. The zero-order valence-electron chi connectivity index (χ0n) is 11.1. The van der Waals surface area contributed by atoms with Gasteiger partial charge < -0.3 is 5.32 Å². The number of rotatable bonds is 1. The van der Waals surface area contributed by atoms with E-state index in [9.17, 15) is 0 Å². The van der Waals surface area contributed by atoms with Gasteiger partial charge in [-0.15, -0.1) is 0 Å². The van der Waals surface area contributed by atoms with Crippen LogP contribution in [-0.2, 0) is 6.42 Å². The lowest BCUT2D eigenvalue weighted by molar-refractivity contribution is 0.0950. The molecule has 0 aromatic heterocycles. The predicted molar refractivity (Wildman–Crippen MR) is 78.8 cm³/mol. The highest BCUT2D eigenvalue weighted by Gasteiger charge is 2.34. The lowest BCUT2D eigenvalue weighted by Crippen LogP contribution is -2.54. The van der Waals surface area contributed by atoms with Crippen molar-refractivity contribution in [3.8, 4) is 0 Å². The Hall–Kier alpha value is -0.380. The third kappa shape index (κ3) is 2.13. The Morgan fingerprint density at radius 3 is 3.00 bits per heavy atom. The van der Waals surface area contributed by atoms with Gasteiger partial charge in [-0.2, -0.15) is 0 Å². The smallest absolute Gasteiger partial charge is 0.0358 e. The average molecular weight is 309 g/mol. The summed E-state index contributed by atoms with van der Waals surface area (Å²) in [7, 11) is 0. The zero-order valence-corrected chi connectivity index (χ0v) is 12.7. The largest absolute Gasteiger partial charge is 0.311 e. The van der Waals surface area contributed by atoms with Crippen LogP contribution in [0.5, 0.6) is 0 Å². The molecule has 1 fully saturated rings. The highest BCUT2D eigenvalue weighted by Crippen LogP contribution is 2.40. The minimum absolute atomic E-state index is 0.609. The van der Waals surface area contributed by atoms with Crippen molar-refractivity contribution in [2.45, 2.75) is 44.8 Å². The topological polar surface area (TPSA) is 15.3 Å². The standard InChI is InChI=1S/C15H21BrN2/c1-10-9-18(11(2)8-17-10)15-7-6-12-13(15)4-3-5-14(12)16/h3-5,10-11,15,17H,6-9H2,1-2H3. The molecule has 0 bridgehead atoms. The molecule has 3 heteroatoms. The van der Waals surface area contributed by atoms with Crippen LogP contribution in [0.25, 0.3) is 0 Å². The summed E-state index contributed by atoms with van der Waals surface area (Å²) in [5.74, 6) is 0. The van der Waals surface area contributed by atoms with E-state index in [1.165, 1.54) is 22.9 Å². The van der Waals surface area contributed by atoms with Gasteiger partial charge in [0, 0.05) is 35.7 Å². The van der Waals surface area contributed by atoms with Crippen molar-refractivity contribution in [2.75, 3.05) is 13.1 Å². The second-order valence-electron chi connectivity index (χ2n) is 5.72. The van der Waals surface area contributed by atoms with E-state index in [1.54, 1.807) is 5.56 Å². The molecule has 1 aliphatic carbocycles. The molecule has 1 saturated heterocycles. The molecule has 1 N–H and O–H groups in total. The first-order chi connectivity index (χ1) is 8.66. The van der Waals surface area contributed by atoms with Gasteiger partial charge in [0.25, 0.3) is 0 Å². The molecule has 0 radical (unpaired) electrons. The molecule has 0 amide bonds. The first kappa shape index (κ1) is 12.6. The van der Waals surface area contributed by atoms with E-state index in [1.807, 2.05) is 0 Å². The maximum absolute atomic E-state index is 3.69. The maximum Gasteiger partial charge on any atom is 0.0358 e. The molecule has 3 rings (SSSR count). The van der Waals surface area contributed by atoms with Crippen LogP contribution in [0.2, 0.25) is 0 Å². The van der Waals surface area contributed by atoms with Gasteiger partial charge >= 0.3 is 0 Å². The Kier molecular flexibility index (Phi) is 3.48. The fraction of sp³-hybridized carbons (Fsp3) is 0.600. The number of piperazine rings is 1. The van der Waals surface area contributed by atoms with Crippen molar-refractivity contribution in [3.05, 3.63) is 33.8 Å². The monoisotopic (exact) mass is 308 g/mol. The van der Waals surface area contributed by atoms with Gasteiger partial charge in [-0.05, 0) is 43.9 Å². The summed E-state index contributed by atoms with van der Waals surface area (Å²) >= 11 is 3.69. The van der Waals surface area contributed by atoms with Gasteiger partial charge in [0.1, 0.15) is 0 Å². The minimum Gasteiger partial charge on any atom is -0.311 e. The van der Waals surface area contributed by atoms with Crippen LogP contribution >= 0.6 is 15.9 Å². The van der Waals surface area contributed by atoms with E-state index < -0.39 is 0 Å². The van der Waals surface area contributed by atoms with E-state index in [2.05, 4.69) is 58.2 Å². The van der Waals surface area contributed by atoms with Crippen LogP contribution in [0.3, 0.4) is 0 Å². The van der Waals surface area contributed by atoms with E-state index in [0.29, 0.717) is 18.1 Å². The molecule has 1 heterocycles. The van der Waals surface area contributed by atoms with Gasteiger partial charge in [-0.1, -0.05) is 28.1 Å². The summed E-state index contributed by atoms with van der Waals surface area (Å²) in [6, 6.07) is 8.53. The molecule has 2 nitrogen and oxygen atoms in total. The molecule has 1 aromatic rings. The number of halogens is 1. The Labute approximate surface area is 118 Å². The van der Waals surface area contributed by atoms with Crippen molar-refractivity contribution < 1.29 is 0 Å². The Bertz CT molecular complexity index is 446. The van der Waals surface area contributed by atoms with Gasteiger partial charge in [-0.3, -0.25) is 4.90 Å². The highest BCUT2D eigenvalue weighted by molar-refractivity contribution is 9.10. The minimum atomic E-state index is 0.609. The molecule has 1 aliphatic heterocycles. The fourth-order valence-electron chi connectivity index (χ4n) is 3.42. The molecular weight excluding hydrogens is 288 g/mol. The zero-order chi connectivity index (χ0) is 12.7. The first-order valence-electron chi connectivity index (χ1n) is 6.93. The van der Waals surface area contributed by atoms with E-state index in [0.717, 1.165) is 13.1 Å². The molecule has 0 spiro atoms. The summed E-state index contributed by atoms with van der Waals surface area (Å²) in [6.07, 6.45) is 2.49. The second-order valence-corrected chi connectivity index (χ2v) is 6.57. The lowest BCUT2D eigenvalue weighted by atomic mass is 10.0. The van der Waals surface area contributed by atoms with Gasteiger partial charge in [-0.25, -0.2) is 0 Å². The van der Waals surface area contributed by atoms with Crippen LogP contribution in [0.4, 0.5) is 0 Å². The van der Waals surface area contributed by atoms with Crippen molar-refractivity contribution in [1.82, 2.24) is 10.2 Å². The first-order valence-corrected chi connectivity index (χ1v) is 7.72. The van der Waals surface area contributed by atoms with Crippen molar-refractivity contribution in [3.63, 3.8) is 0 Å². The van der Waals surface area contributed by atoms with Crippen molar-refractivity contribution >= 4 is 15.9 Å². The van der Waals surface area contributed by atoms with Crippen molar-refractivity contribution in [2.24, 2.45) is 0 Å². The van der Waals surface area contributed by atoms with E-state index in [4.69, 9.17) is 0 Å². The molecule has 3 atom stereocenters. The molecule has 0 saturated carbocycles. The normalized spacial score (nSPS) is 32.5. The molecule has 2 aliphatic rings. The summed E-state index contributed by atoms with van der Waals surface area (Å²) in [5, 5.41) is 3.57. The number of benzene rings is 1. The number of nitrogens with one attached hydrogen (secondary N) is 1. The summed E-state index contributed by atoms with van der Waals surface area (Å²) < 4.78 is 1.29. The van der Waals surface area contributed by atoms with Crippen LogP contribution in [-0.4, -0.2) is 30.1 Å². The quantitative estimate of drug-likeness (QED) is 0.857. The van der Waals surface area contributed by atoms with Gasteiger partial charge in [0.15, 0.2) is 0 Å². The third-order valence-electron chi connectivity index (χ3n) is 4.39. The molecule has 18 heavy (non-hydrogen) atoms. The van der Waals surface area contributed by atoms with Crippen LogP contribution in [0.1, 0.15) is 37.4 Å². The summed E-state index contributed by atoms with van der Waals surface area (Å²) in [5.41, 5.74) is 3.08. The average Bonchev–Trinajstić information content (AvgIpc) is 2.77. The molecular formula is C15H21BrN2. The SMILES string of the molecule is CC1CN(C2CCc3c(Br)cccc32)C(C)CN1.